The Kier molecular flexibility index (Phi) is 7.15. The Morgan fingerprint density at radius 2 is 1.81 bits per heavy atom. The monoisotopic (exact) mass is 364 g/mol. The van der Waals surface area contributed by atoms with Gasteiger partial charge in [0, 0.05) is 0 Å². The quantitative estimate of drug-likeness (QED) is 0.463. The number of amides is 1. The lowest BCUT2D eigenvalue weighted by molar-refractivity contribution is -0.144. The van der Waals surface area contributed by atoms with Crippen LogP contribution in [0.2, 0.25) is 0 Å². The van der Waals surface area contributed by atoms with Gasteiger partial charge in [-0.3, -0.25) is 4.79 Å². The molecule has 0 unspecified atom stereocenters. The first-order chi connectivity index (χ1) is 13.0. The highest BCUT2D eigenvalue weighted by molar-refractivity contribution is 5.98. The number of nitrogens with one attached hydrogen (secondary N) is 1. The average molecular weight is 364 g/mol. The molecule has 1 N–H and O–H groups in total. The highest BCUT2D eigenvalue weighted by Crippen LogP contribution is 2.14. The summed E-state index contributed by atoms with van der Waals surface area (Å²) < 4.78 is 10.00. The van der Waals surface area contributed by atoms with Gasteiger partial charge in [0.1, 0.15) is 17.4 Å². The number of rotatable bonds is 7. The summed E-state index contributed by atoms with van der Waals surface area (Å²) >= 11 is 0. The number of methoxy groups -OCH3 is 1. The number of hydrogen-bond donors (Lipinski definition) is 1. The van der Waals surface area contributed by atoms with Gasteiger partial charge >= 0.3 is 5.97 Å². The Labute approximate surface area is 158 Å². The minimum atomic E-state index is -0.851. The van der Waals surface area contributed by atoms with Crippen LogP contribution in [-0.2, 0) is 14.3 Å². The Bertz CT molecular complexity index is 852. The van der Waals surface area contributed by atoms with E-state index in [9.17, 15) is 14.9 Å². The van der Waals surface area contributed by atoms with Gasteiger partial charge < -0.3 is 14.8 Å². The van der Waals surface area contributed by atoms with Crippen LogP contribution in [0.3, 0.4) is 0 Å². The van der Waals surface area contributed by atoms with Gasteiger partial charge in [0.25, 0.3) is 5.91 Å². The van der Waals surface area contributed by atoms with Crippen molar-refractivity contribution in [3.63, 3.8) is 0 Å². The Balaban J connectivity index is 1.91. The summed E-state index contributed by atoms with van der Waals surface area (Å²) in [5.41, 5.74) is 1.39. The second kappa shape index (κ2) is 9.78. The maximum absolute atomic E-state index is 12.0. The van der Waals surface area contributed by atoms with Crippen molar-refractivity contribution in [1.29, 1.82) is 5.26 Å². The number of hydrogen-bond acceptors (Lipinski definition) is 5. The summed E-state index contributed by atoms with van der Waals surface area (Å²) in [7, 11) is 1.55. The maximum atomic E-state index is 12.0. The van der Waals surface area contributed by atoms with Gasteiger partial charge in [0.05, 0.1) is 13.2 Å². The molecule has 6 nitrogen and oxygen atoms in total. The lowest BCUT2D eigenvalue weighted by Gasteiger charge is -2.14. The van der Waals surface area contributed by atoms with Crippen LogP contribution in [0.1, 0.15) is 24.1 Å². The van der Waals surface area contributed by atoms with E-state index in [1.165, 1.54) is 6.08 Å². The summed E-state index contributed by atoms with van der Waals surface area (Å²) in [5.74, 6) is -0.630. The highest BCUT2D eigenvalue weighted by Gasteiger charge is 2.15. The zero-order chi connectivity index (χ0) is 19.6. The molecule has 0 heterocycles. The van der Waals surface area contributed by atoms with Crippen molar-refractivity contribution in [1.82, 2.24) is 5.32 Å². The fraction of sp³-hybridized carbons (Fsp3) is 0.190. The van der Waals surface area contributed by atoms with Crippen LogP contribution in [0.4, 0.5) is 0 Å². The van der Waals surface area contributed by atoms with Crippen molar-refractivity contribution in [2.45, 2.75) is 13.0 Å². The van der Waals surface area contributed by atoms with Crippen LogP contribution in [0.25, 0.3) is 6.08 Å². The van der Waals surface area contributed by atoms with E-state index < -0.39 is 18.5 Å². The van der Waals surface area contributed by atoms with E-state index >= 15 is 0 Å². The van der Waals surface area contributed by atoms with E-state index in [-0.39, 0.29) is 11.6 Å². The van der Waals surface area contributed by atoms with Crippen LogP contribution in [0.5, 0.6) is 5.75 Å². The van der Waals surface area contributed by atoms with Crippen LogP contribution in [0, 0.1) is 11.3 Å². The number of nitrogens with zero attached hydrogens (tertiary/aromatic N) is 1. The molecule has 0 fully saturated rings. The third-order valence-electron chi connectivity index (χ3n) is 3.78. The Morgan fingerprint density at radius 1 is 1.15 bits per heavy atom. The van der Waals surface area contributed by atoms with Gasteiger partial charge in [0.2, 0.25) is 0 Å². The van der Waals surface area contributed by atoms with Crippen molar-refractivity contribution in [3.8, 4) is 11.8 Å². The summed E-state index contributed by atoms with van der Waals surface area (Å²) in [4.78, 5) is 24.0. The smallest absolute Gasteiger partial charge is 0.349 e. The molecular weight excluding hydrogens is 344 g/mol. The minimum absolute atomic E-state index is 0.191. The molecule has 0 aliphatic heterocycles. The number of carbonyl (C=O) groups excluding carboxylic acids is 2. The van der Waals surface area contributed by atoms with E-state index in [4.69, 9.17) is 9.47 Å². The second-order valence-electron chi connectivity index (χ2n) is 5.72. The van der Waals surface area contributed by atoms with Crippen molar-refractivity contribution < 1.29 is 19.1 Å². The second-order valence-corrected chi connectivity index (χ2v) is 5.72. The first-order valence-electron chi connectivity index (χ1n) is 8.30. The van der Waals surface area contributed by atoms with E-state index in [0.717, 1.165) is 5.56 Å². The van der Waals surface area contributed by atoms with E-state index in [2.05, 4.69) is 5.32 Å². The summed E-state index contributed by atoms with van der Waals surface area (Å²) in [6, 6.07) is 17.8. The fourth-order valence-corrected chi connectivity index (χ4v) is 2.32. The molecule has 6 heteroatoms. The SMILES string of the molecule is COc1ccc(/C=C(\C#N)C(=O)OCC(=O)N[C@@H](C)c2ccccc2)cc1. The molecule has 0 spiro atoms. The van der Waals surface area contributed by atoms with Crippen LogP contribution in [0.15, 0.2) is 60.2 Å². The van der Waals surface area contributed by atoms with Crippen LogP contribution >= 0.6 is 0 Å². The molecule has 0 aliphatic rings. The van der Waals surface area contributed by atoms with E-state index in [1.807, 2.05) is 37.3 Å². The molecule has 0 radical (unpaired) electrons. The molecule has 1 atom stereocenters. The molecule has 0 bridgehead atoms. The topological polar surface area (TPSA) is 88.4 Å². The fourth-order valence-electron chi connectivity index (χ4n) is 2.32. The number of carbonyl (C=O) groups is 2. The van der Waals surface area contributed by atoms with E-state index in [0.29, 0.717) is 11.3 Å². The predicted octanol–water partition coefficient (Wildman–Crippen LogP) is 3.02. The zero-order valence-corrected chi connectivity index (χ0v) is 15.1. The standard InChI is InChI=1S/C21H20N2O4/c1-15(17-6-4-3-5-7-17)23-20(24)14-27-21(25)18(13-22)12-16-8-10-19(26-2)11-9-16/h3-12,15H,14H2,1-2H3,(H,23,24)/b18-12+/t15-/m0/s1. The Hall–Kier alpha value is -3.59. The number of benzene rings is 2. The van der Waals surface area contributed by atoms with Crippen molar-refractivity contribution >= 4 is 18.0 Å². The van der Waals surface area contributed by atoms with Gasteiger partial charge in [-0.05, 0) is 36.3 Å². The summed E-state index contributed by atoms with van der Waals surface area (Å²) in [6.07, 6.45) is 1.40. The average Bonchev–Trinajstić information content (AvgIpc) is 2.71. The van der Waals surface area contributed by atoms with Gasteiger partial charge in [-0.25, -0.2) is 4.79 Å². The van der Waals surface area contributed by atoms with Gasteiger partial charge in [0.15, 0.2) is 6.61 Å². The molecular formula is C21H20N2O4. The molecule has 1 amide bonds. The summed E-state index contributed by atoms with van der Waals surface area (Å²) in [5, 5.41) is 11.9. The molecule has 27 heavy (non-hydrogen) atoms. The molecule has 2 aromatic rings. The molecule has 138 valence electrons. The largest absolute Gasteiger partial charge is 0.497 e. The first kappa shape index (κ1) is 19.7. The maximum Gasteiger partial charge on any atom is 0.349 e. The molecule has 0 saturated carbocycles. The zero-order valence-electron chi connectivity index (χ0n) is 15.1. The van der Waals surface area contributed by atoms with Crippen molar-refractivity contribution in [3.05, 3.63) is 71.3 Å². The number of nitriles is 1. The van der Waals surface area contributed by atoms with Crippen LogP contribution in [-0.4, -0.2) is 25.6 Å². The lowest BCUT2D eigenvalue weighted by atomic mass is 10.1. The molecule has 0 aliphatic carbocycles. The lowest BCUT2D eigenvalue weighted by Crippen LogP contribution is -2.31. The van der Waals surface area contributed by atoms with Gasteiger partial charge in [-0.15, -0.1) is 0 Å². The third kappa shape index (κ3) is 6.01. The Morgan fingerprint density at radius 3 is 2.41 bits per heavy atom. The van der Waals surface area contributed by atoms with Crippen molar-refractivity contribution in [2.75, 3.05) is 13.7 Å². The minimum Gasteiger partial charge on any atom is -0.497 e. The van der Waals surface area contributed by atoms with Gasteiger partial charge in [-0.1, -0.05) is 42.5 Å². The normalized spacial score (nSPS) is 11.8. The van der Waals surface area contributed by atoms with Gasteiger partial charge in [-0.2, -0.15) is 5.26 Å². The number of esters is 1. The predicted molar refractivity (Wildman–Crippen MR) is 101 cm³/mol. The highest BCUT2D eigenvalue weighted by atomic mass is 16.5. The van der Waals surface area contributed by atoms with E-state index in [1.54, 1.807) is 37.4 Å². The van der Waals surface area contributed by atoms with Crippen molar-refractivity contribution in [2.24, 2.45) is 0 Å². The molecule has 2 rings (SSSR count). The first-order valence-corrected chi connectivity index (χ1v) is 8.30. The molecule has 0 aromatic heterocycles. The molecule has 0 saturated heterocycles. The molecule has 2 aromatic carbocycles. The third-order valence-corrected chi connectivity index (χ3v) is 3.78. The summed E-state index contributed by atoms with van der Waals surface area (Å²) in [6.45, 7) is 1.37. The van der Waals surface area contributed by atoms with Crippen LogP contribution < -0.4 is 10.1 Å². The number of ether oxygens (including phenoxy) is 2.